The Balaban J connectivity index is 3.42. The van der Waals surface area contributed by atoms with E-state index in [4.69, 9.17) is 9.79 Å². The predicted molar refractivity (Wildman–Crippen MR) is 57.4 cm³/mol. The van der Waals surface area contributed by atoms with Gasteiger partial charge in [0.2, 0.25) is 0 Å². The number of hydrogen-bond acceptors (Lipinski definition) is 6. The highest BCUT2D eigenvalue weighted by Crippen LogP contribution is 2.22. The summed E-state index contributed by atoms with van der Waals surface area (Å²) >= 11 is 1.18. The fraction of sp³-hybridized carbons (Fsp3) is 0.857. The number of thioether (sulfide) groups is 1. The molecule has 0 aromatic heterocycles. The van der Waals surface area contributed by atoms with Crippen molar-refractivity contribution < 1.29 is 19.4 Å². The zero-order chi connectivity index (χ0) is 11.2. The average molecular weight is 241 g/mol. The van der Waals surface area contributed by atoms with E-state index in [9.17, 15) is 4.79 Å². The number of rotatable bonds is 5. The van der Waals surface area contributed by atoms with E-state index in [2.05, 4.69) is 4.84 Å². The molecular formula is C7H16NO4PS. The highest BCUT2D eigenvalue weighted by atomic mass is 32.2. The van der Waals surface area contributed by atoms with Crippen LogP contribution in [0.25, 0.3) is 0 Å². The molecule has 84 valence electrons. The second-order valence-electron chi connectivity index (χ2n) is 3.62. The van der Waals surface area contributed by atoms with Gasteiger partial charge in [-0.05, 0) is 0 Å². The first kappa shape index (κ1) is 14.3. The molecule has 0 aromatic rings. The Morgan fingerprint density at radius 1 is 1.50 bits per heavy atom. The predicted octanol–water partition coefficient (Wildman–Crippen LogP) is 1.02. The molecule has 0 rings (SSSR count). The molecular weight excluding hydrogens is 225 g/mol. The van der Waals surface area contributed by atoms with Gasteiger partial charge in [-0.15, -0.1) is 5.25 Å². The smallest absolute Gasteiger partial charge is 0.275 e. The van der Waals surface area contributed by atoms with Crippen LogP contribution in [-0.2, 0) is 9.63 Å². The first-order valence-corrected chi connectivity index (χ1v) is 6.30. The molecule has 0 aliphatic rings. The second kappa shape index (κ2) is 6.71. The molecule has 0 aliphatic carbocycles. The number of hydrogen-bond donors (Lipinski definition) is 3. The largest absolute Gasteiger partial charge is 0.337 e. The maximum atomic E-state index is 11.4. The molecule has 0 saturated carbocycles. The van der Waals surface area contributed by atoms with E-state index < -0.39 is 8.53 Å². The summed E-state index contributed by atoms with van der Waals surface area (Å²) in [5.41, 5.74) is -0.349. The molecule has 14 heavy (non-hydrogen) atoms. The normalized spacial score (nSPS) is 12.1. The number of carbonyl (C=O) groups is 1. The molecule has 0 bridgehead atoms. The van der Waals surface area contributed by atoms with Gasteiger partial charge in [0.25, 0.3) is 8.53 Å². The van der Waals surface area contributed by atoms with Crippen LogP contribution in [0.2, 0.25) is 0 Å². The summed E-state index contributed by atoms with van der Waals surface area (Å²) in [5.74, 6) is 0.492. The van der Waals surface area contributed by atoms with E-state index in [-0.39, 0.29) is 17.1 Å². The zero-order valence-corrected chi connectivity index (χ0v) is 10.2. The van der Waals surface area contributed by atoms with Crippen molar-refractivity contribution in [2.45, 2.75) is 20.8 Å². The molecule has 0 spiro atoms. The SMILES string of the molecule is CC(C)(C)C(=O)SCCONP(O)O. The molecule has 5 nitrogen and oxygen atoms in total. The van der Waals surface area contributed by atoms with Crippen LogP contribution in [-0.4, -0.2) is 27.3 Å². The van der Waals surface area contributed by atoms with Gasteiger partial charge in [-0.25, -0.2) is 0 Å². The Labute approximate surface area is 89.1 Å². The Hall–Kier alpha value is 0.290. The van der Waals surface area contributed by atoms with Gasteiger partial charge in [0.1, 0.15) is 0 Å². The van der Waals surface area contributed by atoms with Crippen LogP contribution >= 0.6 is 20.3 Å². The molecule has 0 radical (unpaired) electrons. The molecule has 0 aliphatic heterocycles. The lowest BCUT2D eigenvalue weighted by Gasteiger charge is -2.15. The monoisotopic (exact) mass is 241 g/mol. The molecule has 7 heteroatoms. The summed E-state index contributed by atoms with van der Waals surface area (Å²) in [5, 5.41) is 2.10. The second-order valence-corrected chi connectivity index (χ2v) is 5.44. The summed E-state index contributed by atoms with van der Waals surface area (Å²) in [6.07, 6.45) is 0. The van der Waals surface area contributed by atoms with Crippen LogP contribution in [0.15, 0.2) is 0 Å². The lowest BCUT2D eigenvalue weighted by Crippen LogP contribution is -2.18. The molecule has 0 amide bonds. The van der Waals surface area contributed by atoms with Crippen molar-refractivity contribution in [1.82, 2.24) is 5.25 Å². The molecule has 0 heterocycles. The average Bonchev–Trinajstić information content (AvgIpc) is 2.01. The van der Waals surface area contributed by atoms with Gasteiger partial charge in [-0.1, -0.05) is 32.5 Å². The van der Waals surface area contributed by atoms with Gasteiger partial charge in [0, 0.05) is 11.2 Å². The van der Waals surface area contributed by atoms with Crippen molar-refractivity contribution in [2.75, 3.05) is 12.4 Å². The molecule has 0 unspecified atom stereocenters. The summed E-state index contributed by atoms with van der Waals surface area (Å²) in [4.78, 5) is 32.8. The maximum absolute atomic E-state index is 11.4. The van der Waals surface area contributed by atoms with Gasteiger partial charge >= 0.3 is 0 Å². The molecule has 0 atom stereocenters. The molecule has 0 fully saturated rings. The molecule has 0 saturated heterocycles. The standard InChI is InChI=1S/C7H16NO4PS/c1-7(2,3)6(9)14-5-4-12-8-13(10)11/h8,10-11H,4-5H2,1-3H3. The van der Waals surface area contributed by atoms with E-state index in [1.54, 1.807) is 0 Å². The maximum Gasteiger partial charge on any atom is 0.275 e. The number of nitrogens with one attached hydrogen (secondary N) is 1. The van der Waals surface area contributed by atoms with Crippen LogP contribution in [0.3, 0.4) is 0 Å². The van der Waals surface area contributed by atoms with Crippen LogP contribution in [0, 0.1) is 5.41 Å². The minimum Gasteiger partial charge on any atom is -0.337 e. The first-order valence-electron chi connectivity index (χ1n) is 4.06. The van der Waals surface area contributed by atoms with Gasteiger partial charge in [0.05, 0.1) is 6.61 Å². The number of carbonyl (C=O) groups excluding carboxylic acids is 1. The minimum atomic E-state index is -2.22. The van der Waals surface area contributed by atoms with E-state index in [0.717, 1.165) is 0 Å². The van der Waals surface area contributed by atoms with Crippen molar-refractivity contribution in [2.24, 2.45) is 5.41 Å². The van der Waals surface area contributed by atoms with Crippen LogP contribution in [0.5, 0.6) is 0 Å². The lowest BCUT2D eigenvalue weighted by molar-refractivity contribution is -0.117. The summed E-state index contributed by atoms with van der Waals surface area (Å²) in [6.45, 7) is 5.80. The fourth-order valence-corrected chi connectivity index (χ4v) is 1.49. The first-order chi connectivity index (χ1) is 6.34. The third-order valence-electron chi connectivity index (χ3n) is 1.18. The quantitative estimate of drug-likeness (QED) is 0.379. The van der Waals surface area contributed by atoms with E-state index in [1.165, 1.54) is 11.8 Å². The van der Waals surface area contributed by atoms with Gasteiger partial charge in [-0.3, -0.25) is 9.63 Å². The summed E-state index contributed by atoms with van der Waals surface area (Å²) in [6, 6.07) is 0. The molecule has 0 aromatic carbocycles. The van der Waals surface area contributed by atoms with Crippen molar-refractivity contribution in [1.29, 1.82) is 0 Å². The Morgan fingerprint density at radius 2 is 2.07 bits per heavy atom. The van der Waals surface area contributed by atoms with Crippen molar-refractivity contribution in [3.63, 3.8) is 0 Å². The third-order valence-corrected chi connectivity index (χ3v) is 2.71. The van der Waals surface area contributed by atoms with Crippen LogP contribution in [0.1, 0.15) is 20.8 Å². The Bertz CT molecular complexity index is 183. The van der Waals surface area contributed by atoms with Crippen molar-refractivity contribution in [3.05, 3.63) is 0 Å². The molecule has 3 N–H and O–H groups in total. The van der Waals surface area contributed by atoms with Crippen LogP contribution < -0.4 is 5.25 Å². The van der Waals surface area contributed by atoms with E-state index in [0.29, 0.717) is 5.75 Å². The Morgan fingerprint density at radius 3 is 2.50 bits per heavy atom. The highest BCUT2D eigenvalue weighted by molar-refractivity contribution is 8.13. The lowest BCUT2D eigenvalue weighted by atomic mass is 10.00. The van der Waals surface area contributed by atoms with Crippen molar-refractivity contribution >= 4 is 25.4 Å². The van der Waals surface area contributed by atoms with Crippen molar-refractivity contribution in [3.8, 4) is 0 Å². The fourth-order valence-electron chi connectivity index (χ4n) is 0.496. The van der Waals surface area contributed by atoms with Gasteiger partial charge in [0.15, 0.2) is 5.12 Å². The van der Waals surface area contributed by atoms with Gasteiger partial charge < -0.3 is 9.79 Å². The van der Waals surface area contributed by atoms with E-state index in [1.807, 2.05) is 26.0 Å². The highest BCUT2D eigenvalue weighted by Gasteiger charge is 2.21. The summed E-state index contributed by atoms with van der Waals surface area (Å²) in [7, 11) is -2.22. The zero-order valence-electron chi connectivity index (χ0n) is 8.48. The minimum absolute atomic E-state index is 0.0939. The van der Waals surface area contributed by atoms with Crippen LogP contribution in [0.4, 0.5) is 0 Å². The Kier molecular flexibility index (Phi) is 6.85. The topological polar surface area (TPSA) is 78.8 Å². The summed E-state index contributed by atoms with van der Waals surface area (Å²) < 4.78 is 0. The third kappa shape index (κ3) is 7.67. The van der Waals surface area contributed by atoms with E-state index >= 15 is 0 Å². The van der Waals surface area contributed by atoms with Gasteiger partial charge in [-0.2, -0.15) is 0 Å².